The van der Waals surface area contributed by atoms with Gasteiger partial charge >= 0.3 is 6.09 Å². The first-order valence-corrected chi connectivity index (χ1v) is 9.31. The molecule has 6 nitrogen and oxygen atoms in total. The Bertz CT molecular complexity index is 782. The van der Waals surface area contributed by atoms with Crippen molar-refractivity contribution in [2.75, 3.05) is 6.54 Å². The van der Waals surface area contributed by atoms with E-state index in [4.69, 9.17) is 4.74 Å². The van der Waals surface area contributed by atoms with E-state index in [2.05, 4.69) is 9.97 Å². The number of carbonyl (C=O) groups excluding carboxylic acids is 1. The summed E-state index contributed by atoms with van der Waals surface area (Å²) in [5, 5.41) is 9.93. The topological polar surface area (TPSA) is 75.6 Å². The second kappa shape index (κ2) is 7.64. The van der Waals surface area contributed by atoms with E-state index < -0.39 is 5.60 Å². The van der Waals surface area contributed by atoms with Crippen molar-refractivity contribution in [2.24, 2.45) is 0 Å². The van der Waals surface area contributed by atoms with Crippen molar-refractivity contribution < 1.29 is 14.6 Å². The molecule has 2 heterocycles. The van der Waals surface area contributed by atoms with Crippen molar-refractivity contribution in [3.8, 4) is 11.1 Å². The first-order chi connectivity index (χ1) is 12.7. The number of aliphatic hydroxyl groups is 1. The van der Waals surface area contributed by atoms with Crippen molar-refractivity contribution in [3.63, 3.8) is 0 Å². The number of benzene rings is 1. The Morgan fingerprint density at radius 3 is 2.41 bits per heavy atom. The Hall–Kier alpha value is -2.47. The molecule has 1 fully saturated rings. The lowest BCUT2D eigenvalue weighted by Crippen LogP contribution is -2.45. The van der Waals surface area contributed by atoms with Crippen LogP contribution >= 0.6 is 0 Å². The zero-order chi connectivity index (χ0) is 19.6. The first kappa shape index (κ1) is 19.3. The molecule has 3 rings (SSSR count). The van der Waals surface area contributed by atoms with Gasteiger partial charge in [0.2, 0.25) is 0 Å². The number of hydrogen-bond donors (Lipinski definition) is 1. The molecule has 27 heavy (non-hydrogen) atoms. The fourth-order valence-electron chi connectivity index (χ4n) is 3.37. The molecule has 6 heteroatoms. The molecule has 0 aliphatic carbocycles. The van der Waals surface area contributed by atoms with E-state index in [0.717, 1.165) is 28.9 Å². The molecule has 0 spiro atoms. The Kier molecular flexibility index (Phi) is 5.46. The highest BCUT2D eigenvalue weighted by molar-refractivity contribution is 5.69. The number of cyclic esters (lactones) is 1. The van der Waals surface area contributed by atoms with E-state index in [0.29, 0.717) is 13.0 Å². The van der Waals surface area contributed by atoms with Crippen LogP contribution in [0, 0.1) is 6.92 Å². The van der Waals surface area contributed by atoms with Gasteiger partial charge in [-0.1, -0.05) is 24.3 Å². The third-order valence-corrected chi connectivity index (χ3v) is 4.90. The van der Waals surface area contributed by atoms with Gasteiger partial charge in [0.25, 0.3) is 0 Å². The SMILES string of the molecule is Cc1ncc(-c2ccc(C(C)N3CCC(CC(C)(C)O)OC3=O)cc2)cn1. The molecule has 144 valence electrons. The molecule has 1 saturated heterocycles. The molecule has 1 aliphatic heterocycles. The zero-order valence-electron chi connectivity index (χ0n) is 16.3. The molecule has 1 aliphatic rings. The molecular weight excluding hydrogens is 342 g/mol. The van der Waals surface area contributed by atoms with E-state index in [1.807, 2.05) is 50.5 Å². The quantitative estimate of drug-likeness (QED) is 0.865. The van der Waals surface area contributed by atoms with Crippen LogP contribution in [-0.4, -0.2) is 44.3 Å². The van der Waals surface area contributed by atoms with Gasteiger partial charge in [0.15, 0.2) is 0 Å². The number of carbonyl (C=O) groups is 1. The predicted octanol–water partition coefficient (Wildman–Crippen LogP) is 3.88. The van der Waals surface area contributed by atoms with Crippen LogP contribution in [-0.2, 0) is 4.74 Å². The van der Waals surface area contributed by atoms with Gasteiger partial charge in [-0.15, -0.1) is 0 Å². The van der Waals surface area contributed by atoms with Crippen molar-refractivity contribution in [3.05, 3.63) is 48.0 Å². The maximum atomic E-state index is 12.4. The van der Waals surface area contributed by atoms with E-state index in [-0.39, 0.29) is 18.2 Å². The van der Waals surface area contributed by atoms with Gasteiger partial charge < -0.3 is 14.7 Å². The van der Waals surface area contributed by atoms with Gasteiger partial charge in [-0.05, 0) is 38.8 Å². The first-order valence-electron chi connectivity index (χ1n) is 9.31. The third kappa shape index (κ3) is 4.83. The fraction of sp³-hybridized carbons (Fsp3) is 0.476. The van der Waals surface area contributed by atoms with Crippen LogP contribution in [0.15, 0.2) is 36.7 Å². The summed E-state index contributed by atoms with van der Waals surface area (Å²) in [6.45, 7) is 7.95. The number of amides is 1. The van der Waals surface area contributed by atoms with E-state index in [1.54, 1.807) is 18.7 Å². The monoisotopic (exact) mass is 369 g/mol. The lowest BCUT2D eigenvalue weighted by atomic mass is 9.97. The van der Waals surface area contributed by atoms with Gasteiger partial charge in [0, 0.05) is 37.3 Å². The number of ether oxygens (including phenoxy) is 1. The minimum absolute atomic E-state index is 0.0797. The maximum absolute atomic E-state index is 12.4. The van der Waals surface area contributed by atoms with Gasteiger partial charge in [-0.3, -0.25) is 0 Å². The number of hydrogen-bond acceptors (Lipinski definition) is 5. The molecule has 0 radical (unpaired) electrons. The number of rotatable bonds is 5. The van der Waals surface area contributed by atoms with Gasteiger partial charge in [-0.2, -0.15) is 0 Å². The van der Waals surface area contributed by atoms with E-state index in [1.165, 1.54) is 0 Å². The van der Waals surface area contributed by atoms with Crippen LogP contribution < -0.4 is 0 Å². The molecule has 1 amide bonds. The average molecular weight is 369 g/mol. The molecule has 1 N–H and O–H groups in total. The molecule has 2 aromatic rings. The zero-order valence-corrected chi connectivity index (χ0v) is 16.3. The van der Waals surface area contributed by atoms with Crippen molar-refractivity contribution in [1.82, 2.24) is 14.9 Å². The highest BCUT2D eigenvalue weighted by atomic mass is 16.6. The molecule has 2 unspecified atom stereocenters. The van der Waals surface area contributed by atoms with Gasteiger partial charge in [0.05, 0.1) is 11.6 Å². The fourth-order valence-corrected chi connectivity index (χ4v) is 3.37. The second-order valence-electron chi connectivity index (χ2n) is 7.82. The Morgan fingerprint density at radius 2 is 1.85 bits per heavy atom. The summed E-state index contributed by atoms with van der Waals surface area (Å²) < 4.78 is 5.53. The van der Waals surface area contributed by atoms with Crippen LogP contribution in [0.3, 0.4) is 0 Å². The summed E-state index contributed by atoms with van der Waals surface area (Å²) in [5.74, 6) is 0.746. The summed E-state index contributed by atoms with van der Waals surface area (Å²) in [5.41, 5.74) is 2.21. The predicted molar refractivity (Wildman–Crippen MR) is 103 cm³/mol. The lowest BCUT2D eigenvalue weighted by molar-refractivity contribution is -0.0309. The van der Waals surface area contributed by atoms with Gasteiger partial charge in [-0.25, -0.2) is 14.8 Å². The Balaban J connectivity index is 1.66. The van der Waals surface area contributed by atoms with Crippen molar-refractivity contribution in [1.29, 1.82) is 0 Å². The Morgan fingerprint density at radius 1 is 1.22 bits per heavy atom. The number of aromatic nitrogens is 2. The van der Waals surface area contributed by atoms with E-state index in [9.17, 15) is 9.90 Å². The summed E-state index contributed by atoms with van der Waals surface area (Å²) >= 11 is 0. The maximum Gasteiger partial charge on any atom is 0.410 e. The minimum atomic E-state index is -0.839. The minimum Gasteiger partial charge on any atom is -0.446 e. The Labute approximate surface area is 160 Å². The lowest BCUT2D eigenvalue weighted by Gasteiger charge is -2.37. The smallest absolute Gasteiger partial charge is 0.410 e. The molecule has 1 aromatic heterocycles. The summed E-state index contributed by atoms with van der Waals surface area (Å²) in [6, 6.07) is 8.01. The van der Waals surface area contributed by atoms with E-state index >= 15 is 0 Å². The van der Waals surface area contributed by atoms with Crippen LogP contribution in [0.4, 0.5) is 4.79 Å². The standard InChI is InChI=1S/C21H27N3O3/c1-14(24-10-9-19(27-20(24)25)11-21(3,4)26)16-5-7-17(8-6-16)18-12-22-15(2)23-13-18/h5-8,12-14,19,26H,9-11H2,1-4H3. The molecule has 2 atom stereocenters. The molecule has 0 bridgehead atoms. The number of nitrogens with zero attached hydrogens (tertiary/aromatic N) is 3. The molecule has 1 aromatic carbocycles. The van der Waals surface area contributed by atoms with Crippen LogP contribution in [0.1, 0.15) is 51.0 Å². The third-order valence-electron chi connectivity index (χ3n) is 4.90. The second-order valence-corrected chi connectivity index (χ2v) is 7.82. The normalized spacial score (nSPS) is 18.9. The summed E-state index contributed by atoms with van der Waals surface area (Å²) in [7, 11) is 0. The van der Waals surface area contributed by atoms with Crippen molar-refractivity contribution >= 4 is 6.09 Å². The molecular formula is C21H27N3O3. The molecule has 0 saturated carbocycles. The summed E-state index contributed by atoms with van der Waals surface area (Å²) in [4.78, 5) is 22.6. The summed E-state index contributed by atoms with van der Waals surface area (Å²) in [6.07, 6.45) is 4.24. The average Bonchev–Trinajstić information content (AvgIpc) is 2.61. The highest BCUT2D eigenvalue weighted by Crippen LogP contribution is 2.29. The van der Waals surface area contributed by atoms with Crippen molar-refractivity contribution in [2.45, 2.75) is 58.3 Å². The number of aryl methyl sites for hydroxylation is 1. The van der Waals surface area contributed by atoms with Crippen LogP contribution in [0.5, 0.6) is 0 Å². The van der Waals surface area contributed by atoms with Crippen LogP contribution in [0.25, 0.3) is 11.1 Å². The van der Waals surface area contributed by atoms with Gasteiger partial charge in [0.1, 0.15) is 11.9 Å². The largest absolute Gasteiger partial charge is 0.446 e. The van der Waals surface area contributed by atoms with Crippen LogP contribution in [0.2, 0.25) is 0 Å². The highest BCUT2D eigenvalue weighted by Gasteiger charge is 2.33.